The van der Waals surface area contributed by atoms with Crippen molar-refractivity contribution >= 4 is 11.6 Å². The van der Waals surface area contributed by atoms with Crippen molar-refractivity contribution in [2.24, 2.45) is 0 Å². The van der Waals surface area contributed by atoms with Crippen LogP contribution in [-0.2, 0) is 0 Å². The molecule has 0 aliphatic rings. The number of aromatic nitrogens is 4. The molecule has 0 radical (unpaired) electrons. The summed E-state index contributed by atoms with van der Waals surface area (Å²) in [5.41, 5.74) is 2.92. The molecule has 0 atom stereocenters. The largest absolute Gasteiger partial charge is 0.262 e. The first-order valence-electron chi connectivity index (χ1n) is 5.80. The Morgan fingerprint density at radius 3 is 2.65 bits per heavy atom. The fourth-order valence-electron chi connectivity index (χ4n) is 1.76. The third-order valence-corrected chi connectivity index (χ3v) is 2.96. The van der Waals surface area contributed by atoms with Crippen molar-refractivity contribution < 1.29 is 0 Å². The summed E-state index contributed by atoms with van der Waals surface area (Å²) in [5, 5.41) is 17.5. The fraction of sp³-hybridized carbons (Fsp3) is 0. The van der Waals surface area contributed by atoms with Gasteiger partial charge in [0.05, 0.1) is 28.5 Å². The molecule has 96 valence electrons. The van der Waals surface area contributed by atoms with Crippen molar-refractivity contribution in [2.45, 2.75) is 0 Å². The van der Waals surface area contributed by atoms with E-state index in [1.54, 1.807) is 41.5 Å². The molecule has 0 spiro atoms. The van der Waals surface area contributed by atoms with E-state index in [0.29, 0.717) is 16.3 Å². The van der Waals surface area contributed by atoms with Gasteiger partial charge in [-0.3, -0.25) is 4.98 Å². The van der Waals surface area contributed by atoms with E-state index in [0.717, 1.165) is 11.3 Å². The average molecular weight is 282 g/mol. The number of hydrogen-bond acceptors (Lipinski definition) is 4. The van der Waals surface area contributed by atoms with Crippen LogP contribution in [0, 0.1) is 11.3 Å². The average Bonchev–Trinajstić information content (AvgIpc) is 2.97. The van der Waals surface area contributed by atoms with Gasteiger partial charge in [0.15, 0.2) is 0 Å². The molecule has 0 aliphatic carbocycles. The second-order valence-electron chi connectivity index (χ2n) is 4.10. The van der Waals surface area contributed by atoms with E-state index in [2.05, 4.69) is 21.4 Å². The highest BCUT2D eigenvalue weighted by Crippen LogP contribution is 2.20. The number of hydrogen-bond donors (Lipinski definition) is 0. The molecule has 3 rings (SSSR count). The van der Waals surface area contributed by atoms with E-state index in [1.807, 2.05) is 12.1 Å². The summed E-state index contributed by atoms with van der Waals surface area (Å²) in [7, 11) is 0. The van der Waals surface area contributed by atoms with Crippen LogP contribution in [0.5, 0.6) is 0 Å². The van der Waals surface area contributed by atoms with Gasteiger partial charge in [0.2, 0.25) is 0 Å². The number of nitrogens with zero attached hydrogens (tertiary/aromatic N) is 5. The van der Waals surface area contributed by atoms with Crippen LogP contribution < -0.4 is 0 Å². The minimum Gasteiger partial charge on any atom is -0.262 e. The van der Waals surface area contributed by atoms with Gasteiger partial charge >= 0.3 is 0 Å². The van der Waals surface area contributed by atoms with Crippen molar-refractivity contribution in [2.75, 3.05) is 0 Å². The summed E-state index contributed by atoms with van der Waals surface area (Å²) in [4.78, 5) is 4.02. The molecule has 6 heteroatoms. The Morgan fingerprint density at radius 2 is 1.95 bits per heavy atom. The van der Waals surface area contributed by atoms with Crippen LogP contribution in [0.2, 0.25) is 5.02 Å². The molecule has 0 fully saturated rings. The minimum atomic E-state index is 0.551. The Labute approximate surface area is 120 Å². The maximum atomic E-state index is 8.77. The zero-order valence-corrected chi connectivity index (χ0v) is 11.0. The Balaban J connectivity index is 1.95. The Kier molecular flexibility index (Phi) is 3.15. The van der Waals surface area contributed by atoms with Gasteiger partial charge in [-0.25, -0.2) is 4.68 Å². The molecule has 0 aliphatic heterocycles. The summed E-state index contributed by atoms with van der Waals surface area (Å²) in [5.74, 6) is 0. The number of benzene rings is 1. The van der Waals surface area contributed by atoms with E-state index >= 15 is 0 Å². The van der Waals surface area contributed by atoms with Gasteiger partial charge in [-0.2, -0.15) is 5.26 Å². The molecule has 2 heterocycles. The lowest BCUT2D eigenvalue weighted by atomic mass is 10.2. The fourth-order valence-corrected chi connectivity index (χ4v) is 1.94. The molecule has 0 unspecified atom stereocenters. The van der Waals surface area contributed by atoms with E-state index in [1.165, 1.54) is 0 Å². The number of pyridine rings is 1. The molecule has 3 aromatic rings. The number of halogens is 1. The van der Waals surface area contributed by atoms with Crippen LogP contribution in [0.3, 0.4) is 0 Å². The van der Waals surface area contributed by atoms with Crippen molar-refractivity contribution in [3.8, 4) is 23.0 Å². The molecule has 0 bridgehead atoms. The van der Waals surface area contributed by atoms with Crippen LogP contribution in [0.15, 0.2) is 48.9 Å². The molecule has 20 heavy (non-hydrogen) atoms. The summed E-state index contributed by atoms with van der Waals surface area (Å²) in [6.07, 6.45) is 5.03. The molecule has 0 N–H and O–H groups in total. The van der Waals surface area contributed by atoms with Gasteiger partial charge in [-0.15, -0.1) is 5.10 Å². The lowest BCUT2D eigenvalue weighted by Gasteiger charge is -1.99. The van der Waals surface area contributed by atoms with Crippen molar-refractivity contribution in [3.63, 3.8) is 0 Å². The molecular formula is C14H8ClN5. The van der Waals surface area contributed by atoms with Crippen molar-refractivity contribution in [1.29, 1.82) is 5.26 Å². The predicted octanol–water partition coefficient (Wildman–Crippen LogP) is 2.85. The number of nitriles is 1. The molecule has 0 saturated heterocycles. The topological polar surface area (TPSA) is 67.4 Å². The molecule has 0 saturated carbocycles. The molecular weight excluding hydrogens is 274 g/mol. The predicted molar refractivity (Wildman–Crippen MR) is 74.3 cm³/mol. The molecule has 2 aromatic heterocycles. The highest BCUT2D eigenvalue weighted by molar-refractivity contribution is 6.30. The van der Waals surface area contributed by atoms with Gasteiger partial charge < -0.3 is 0 Å². The lowest BCUT2D eigenvalue weighted by molar-refractivity contribution is 0.804. The number of rotatable bonds is 2. The van der Waals surface area contributed by atoms with E-state index in [-0.39, 0.29) is 0 Å². The van der Waals surface area contributed by atoms with Crippen LogP contribution in [0.25, 0.3) is 16.9 Å². The first-order chi connectivity index (χ1) is 9.76. The van der Waals surface area contributed by atoms with Gasteiger partial charge in [-0.1, -0.05) is 16.8 Å². The smallest absolute Gasteiger partial charge is 0.115 e. The maximum absolute atomic E-state index is 8.77. The van der Waals surface area contributed by atoms with E-state index in [9.17, 15) is 0 Å². The summed E-state index contributed by atoms with van der Waals surface area (Å²) in [6.45, 7) is 0. The van der Waals surface area contributed by atoms with Crippen LogP contribution >= 0.6 is 11.6 Å². The van der Waals surface area contributed by atoms with Gasteiger partial charge in [-0.05, 0) is 30.3 Å². The Hall–Kier alpha value is -2.71. The first kappa shape index (κ1) is 12.3. The minimum absolute atomic E-state index is 0.551. The monoisotopic (exact) mass is 281 g/mol. The van der Waals surface area contributed by atoms with Gasteiger partial charge in [0.25, 0.3) is 0 Å². The lowest BCUT2D eigenvalue weighted by Crippen LogP contribution is -1.94. The van der Waals surface area contributed by atoms with Gasteiger partial charge in [0, 0.05) is 18.0 Å². The first-order valence-corrected chi connectivity index (χ1v) is 6.18. The van der Waals surface area contributed by atoms with Crippen molar-refractivity contribution in [3.05, 3.63) is 59.5 Å². The maximum Gasteiger partial charge on any atom is 0.115 e. The SMILES string of the molecule is N#Cc1ccc(-n2cc(-c3cncc(Cl)c3)nn2)cc1. The zero-order valence-electron chi connectivity index (χ0n) is 10.2. The quantitative estimate of drug-likeness (QED) is 0.724. The molecule has 1 aromatic carbocycles. The summed E-state index contributed by atoms with van der Waals surface area (Å²) in [6, 6.07) is 10.9. The normalized spacial score (nSPS) is 10.2. The summed E-state index contributed by atoms with van der Waals surface area (Å²) >= 11 is 5.90. The Morgan fingerprint density at radius 1 is 1.15 bits per heavy atom. The highest BCUT2D eigenvalue weighted by atomic mass is 35.5. The van der Waals surface area contributed by atoms with Crippen LogP contribution in [0.1, 0.15) is 5.56 Å². The summed E-state index contributed by atoms with van der Waals surface area (Å²) < 4.78 is 1.64. The second-order valence-corrected chi connectivity index (χ2v) is 4.54. The van der Waals surface area contributed by atoms with Crippen LogP contribution in [-0.4, -0.2) is 20.0 Å². The third kappa shape index (κ3) is 2.37. The Bertz CT molecular complexity index is 786. The van der Waals surface area contributed by atoms with Gasteiger partial charge in [0.1, 0.15) is 5.69 Å². The highest BCUT2D eigenvalue weighted by Gasteiger charge is 2.06. The third-order valence-electron chi connectivity index (χ3n) is 2.75. The van der Waals surface area contributed by atoms with E-state index in [4.69, 9.17) is 16.9 Å². The van der Waals surface area contributed by atoms with Crippen LogP contribution in [0.4, 0.5) is 0 Å². The standard InChI is InChI=1S/C14H8ClN5/c15-12-5-11(7-17-8-12)14-9-20(19-18-14)13-3-1-10(6-16)2-4-13/h1-5,7-9H. The molecule has 5 nitrogen and oxygen atoms in total. The van der Waals surface area contributed by atoms with E-state index < -0.39 is 0 Å². The zero-order chi connectivity index (χ0) is 13.9. The van der Waals surface area contributed by atoms with Crippen molar-refractivity contribution in [1.82, 2.24) is 20.0 Å². The molecule has 0 amide bonds. The second kappa shape index (κ2) is 5.11.